The summed E-state index contributed by atoms with van der Waals surface area (Å²) in [6.45, 7) is 7.05. The number of hydrogen-bond acceptors (Lipinski definition) is 4. The third-order valence-electron chi connectivity index (χ3n) is 4.20. The lowest BCUT2D eigenvalue weighted by molar-refractivity contribution is 0.0210. The van der Waals surface area contributed by atoms with Crippen molar-refractivity contribution >= 4 is 34.3 Å². The largest absolute Gasteiger partial charge is 0.444 e. The summed E-state index contributed by atoms with van der Waals surface area (Å²) in [4.78, 5) is 18.3. The van der Waals surface area contributed by atoms with E-state index in [4.69, 9.17) is 16.3 Å². The van der Waals surface area contributed by atoms with Gasteiger partial charge in [-0.05, 0) is 51.8 Å². The van der Waals surface area contributed by atoms with Crippen LogP contribution in [0.3, 0.4) is 0 Å². The molecule has 1 aromatic heterocycles. The molecular weight excluding hydrogens is 338 g/mol. The van der Waals surface area contributed by atoms with E-state index >= 15 is 0 Å². The molecule has 1 fully saturated rings. The normalized spacial score (nSPS) is 16.1. The van der Waals surface area contributed by atoms with Gasteiger partial charge in [0, 0.05) is 36.4 Å². The van der Waals surface area contributed by atoms with Crippen LogP contribution >= 0.6 is 11.6 Å². The van der Waals surface area contributed by atoms with Crippen molar-refractivity contribution in [2.75, 3.05) is 18.4 Å². The first-order chi connectivity index (χ1) is 11.8. The minimum absolute atomic E-state index is 0.230. The third kappa shape index (κ3) is 4.54. The predicted octanol–water partition coefficient (Wildman–Crippen LogP) is 4.70. The Balaban J connectivity index is 1.63. The van der Waals surface area contributed by atoms with Crippen LogP contribution in [0.15, 0.2) is 30.5 Å². The van der Waals surface area contributed by atoms with Crippen molar-refractivity contribution in [1.29, 1.82) is 0 Å². The highest BCUT2D eigenvalue weighted by atomic mass is 35.5. The molecule has 1 aliphatic rings. The number of aromatic nitrogens is 1. The van der Waals surface area contributed by atoms with Crippen molar-refractivity contribution in [2.24, 2.45) is 0 Å². The van der Waals surface area contributed by atoms with Crippen LogP contribution < -0.4 is 5.32 Å². The lowest BCUT2D eigenvalue weighted by Crippen LogP contribution is -2.44. The number of carbonyl (C=O) groups is 1. The Bertz CT molecular complexity index is 765. The first-order valence-corrected chi connectivity index (χ1v) is 8.98. The lowest BCUT2D eigenvalue weighted by Gasteiger charge is -2.34. The number of rotatable bonds is 2. The molecule has 2 aromatic rings. The van der Waals surface area contributed by atoms with Gasteiger partial charge in [-0.25, -0.2) is 4.79 Å². The van der Waals surface area contributed by atoms with Gasteiger partial charge in [-0.2, -0.15) is 0 Å². The summed E-state index contributed by atoms with van der Waals surface area (Å²) in [7, 11) is 0. The van der Waals surface area contributed by atoms with E-state index in [9.17, 15) is 4.79 Å². The van der Waals surface area contributed by atoms with Crippen molar-refractivity contribution < 1.29 is 9.53 Å². The summed E-state index contributed by atoms with van der Waals surface area (Å²) in [6.07, 6.45) is 3.19. The zero-order valence-corrected chi connectivity index (χ0v) is 15.6. The Morgan fingerprint density at radius 3 is 2.72 bits per heavy atom. The van der Waals surface area contributed by atoms with Crippen molar-refractivity contribution in [3.05, 3.63) is 35.5 Å². The summed E-state index contributed by atoms with van der Waals surface area (Å²) in [5.41, 5.74) is 1.49. The molecule has 3 rings (SSSR count). The van der Waals surface area contributed by atoms with E-state index < -0.39 is 5.60 Å². The molecule has 1 saturated heterocycles. The molecule has 6 heteroatoms. The number of amides is 1. The highest BCUT2D eigenvalue weighted by molar-refractivity contribution is 6.31. The topological polar surface area (TPSA) is 54.5 Å². The van der Waals surface area contributed by atoms with Gasteiger partial charge < -0.3 is 15.0 Å². The predicted molar refractivity (Wildman–Crippen MR) is 101 cm³/mol. The van der Waals surface area contributed by atoms with E-state index in [1.807, 2.05) is 45.0 Å². The summed E-state index contributed by atoms with van der Waals surface area (Å²) in [5.74, 6) is 0. The number of hydrogen-bond donors (Lipinski definition) is 1. The van der Waals surface area contributed by atoms with E-state index in [2.05, 4.69) is 10.3 Å². The molecule has 1 amide bonds. The zero-order chi connectivity index (χ0) is 18.0. The Labute approximate surface area is 153 Å². The molecular formula is C19H24ClN3O2. The van der Waals surface area contributed by atoms with Crippen LogP contribution in [0.1, 0.15) is 33.6 Å². The van der Waals surface area contributed by atoms with Gasteiger partial charge >= 0.3 is 6.09 Å². The number of halogens is 1. The number of nitrogens with zero attached hydrogens (tertiary/aromatic N) is 2. The molecule has 0 bridgehead atoms. The van der Waals surface area contributed by atoms with E-state index in [-0.39, 0.29) is 6.09 Å². The molecule has 0 unspecified atom stereocenters. The van der Waals surface area contributed by atoms with Crippen LogP contribution in [0.25, 0.3) is 10.9 Å². The molecule has 1 N–H and O–H groups in total. The maximum Gasteiger partial charge on any atom is 0.410 e. The zero-order valence-electron chi connectivity index (χ0n) is 14.9. The van der Waals surface area contributed by atoms with E-state index in [0.717, 1.165) is 29.4 Å². The van der Waals surface area contributed by atoms with Crippen LogP contribution in [0, 0.1) is 0 Å². The molecule has 1 aromatic carbocycles. The number of nitrogens with one attached hydrogen (secondary N) is 1. The van der Waals surface area contributed by atoms with Crippen molar-refractivity contribution in [3.63, 3.8) is 0 Å². The fraction of sp³-hybridized carbons (Fsp3) is 0.474. The van der Waals surface area contributed by atoms with E-state index in [1.54, 1.807) is 11.1 Å². The summed E-state index contributed by atoms with van der Waals surface area (Å²) >= 11 is 6.09. The number of likely N-dealkylation sites (tertiary alicyclic amines) is 1. The Hall–Kier alpha value is -2.01. The number of anilines is 1. The first kappa shape index (κ1) is 17.8. The minimum atomic E-state index is -0.457. The monoisotopic (exact) mass is 361 g/mol. The molecule has 0 radical (unpaired) electrons. The second-order valence-corrected chi connectivity index (χ2v) is 7.85. The van der Waals surface area contributed by atoms with Crippen molar-refractivity contribution in [2.45, 2.75) is 45.3 Å². The van der Waals surface area contributed by atoms with Crippen molar-refractivity contribution in [1.82, 2.24) is 9.88 Å². The second-order valence-electron chi connectivity index (χ2n) is 7.41. The van der Waals surface area contributed by atoms with Gasteiger partial charge in [0.1, 0.15) is 5.60 Å². The van der Waals surface area contributed by atoms with E-state index in [0.29, 0.717) is 24.2 Å². The van der Waals surface area contributed by atoms with Gasteiger partial charge in [0.25, 0.3) is 0 Å². The van der Waals surface area contributed by atoms with Crippen LogP contribution in [0.5, 0.6) is 0 Å². The minimum Gasteiger partial charge on any atom is -0.444 e. The average molecular weight is 362 g/mol. The number of pyridine rings is 1. The standard InChI is InChI=1S/C19H24ClN3O2/c1-19(2,3)25-18(24)23-9-7-14(8-10-23)22-17-6-4-5-16-15(17)11-13(20)12-21-16/h4-6,11-12,14,22H,7-10H2,1-3H3. The number of fused-ring (bicyclic) bond motifs is 1. The van der Waals surface area contributed by atoms with Gasteiger partial charge in [0.15, 0.2) is 0 Å². The molecule has 134 valence electrons. The van der Waals surface area contributed by atoms with Gasteiger partial charge in [0.2, 0.25) is 0 Å². The molecule has 0 saturated carbocycles. The Kier molecular flexibility index (Phi) is 5.04. The van der Waals surface area contributed by atoms with Crippen molar-refractivity contribution in [3.8, 4) is 0 Å². The molecule has 2 heterocycles. The highest BCUT2D eigenvalue weighted by Crippen LogP contribution is 2.27. The molecule has 1 aliphatic heterocycles. The first-order valence-electron chi connectivity index (χ1n) is 8.60. The number of carbonyl (C=O) groups excluding carboxylic acids is 1. The molecule has 0 atom stereocenters. The molecule has 5 nitrogen and oxygen atoms in total. The van der Waals surface area contributed by atoms with Crippen LogP contribution in [0.4, 0.5) is 10.5 Å². The van der Waals surface area contributed by atoms with Gasteiger partial charge in [-0.3, -0.25) is 4.98 Å². The highest BCUT2D eigenvalue weighted by Gasteiger charge is 2.26. The second kappa shape index (κ2) is 7.08. The van der Waals surface area contributed by atoms with Gasteiger partial charge in [0.05, 0.1) is 10.5 Å². The fourth-order valence-electron chi connectivity index (χ4n) is 3.00. The third-order valence-corrected chi connectivity index (χ3v) is 4.41. The van der Waals surface area contributed by atoms with E-state index in [1.165, 1.54) is 0 Å². The summed E-state index contributed by atoms with van der Waals surface area (Å²) < 4.78 is 5.45. The maximum atomic E-state index is 12.2. The van der Waals surface area contributed by atoms with Crippen LogP contribution in [0.2, 0.25) is 5.02 Å². The Morgan fingerprint density at radius 2 is 2.04 bits per heavy atom. The molecule has 0 aliphatic carbocycles. The number of benzene rings is 1. The summed E-state index contributed by atoms with van der Waals surface area (Å²) in [6, 6.07) is 8.25. The maximum absolute atomic E-state index is 12.2. The SMILES string of the molecule is CC(C)(C)OC(=O)N1CCC(Nc2cccc3ncc(Cl)cc23)CC1. The molecule has 0 spiro atoms. The molecule has 25 heavy (non-hydrogen) atoms. The summed E-state index contributed by atoms with van der Waals surface area (Å²) in [5, 5.41) is 5.23. The van der Waals surface area contributed by atoms with Crippen LogP contribution in [-0.2, 0) is 4.74 Å². The quantitative estimate of drug-likeness (QED) is 0.842. The van der Waals surface area contributed by atoms with Crippen LogP contribution in [-0.4, -0.2) is 40.7 Å². The number of piperidine rings is 1. The van der Waals surface area contributed by atoms with Gasteiger partial charge in [-0.1, -0.05) is 17.7 Å². The lowest BCUT2D eigenvalue weighted by atomic mass is 10.0. The average Bonchev–Trinajstić information content (AvgIpc) is 2.54. The smallest absolute Gasteiger partial charge is 0.410 e. The number of ether oxygens (including phenoxy) is 1. The fourth-order valence-corrected chi connectivity index (χ4v) is 3.16. The van der Waals surface area contributed by atoms with Gasteiger partial charge in [-0.15, -0.1) is 0 Å². The Morgan fingerprint density at radius 1 is 1.32 bits per heavy atom.